The van der Waals surface area contributed by atoms with Gasteiger partial charge in [0.2, 0.25) is 0 Å². The number of rotatable bonds is 3. The molecular weight excluding hydrogens is 288 g/mol. The third-order valence-corrected chi connectivity index (χ3v) is 5.95. The van der Waals surface area contributed by atoms with Crippen LogP contribution in [0, 0.1) is 17.8 Å². The number of halogens is 1. The fraction of sp³-hybridized carbons (Fsp3) is 0.800. The van der Waals surface area contributed by atoms with Crippen molar-refractivity contribution >= 4 is 15.9 Å². The monoisotopic (exact) mass is 308 g/mol. The number of hydrogen-bond donors (Lipinski definition) is 0. The van der Waals surface area contributed by atoms with Gasteiger partial charge < -0.3 is 0 Å². The quantitative estimate of drug-likeness (QED) is 0.778. The SMILES string of the molecule is BrCCn1cc(C23CC4CC(CC(C4)C2)C3)cn1. The first-order valence-corrected chi connectivity index (χ1v) is 8.48. The van der Waals surface area contributed by atoms with Gasteiger partial charge in [-0.15, -0.1) is 0 Å². The number of nitrogens with zero attached hydrogens (tertiary/aromatic N) is 2. The number of aromatic nitrogens is 2. The molecule has 0 radical (unpaired) electrons. The van der Waals surface area contributed by atoms with Gasteiger partial charge >= 0.3 is 0 Å². The average Bonchev–Trinajstić information content (AvgIpc) is 2.77. The third-order valence-electron chi connectivity index (χ3n) is 5.60. The molecule has 1 heterocycles. The Balaban J connectivity index is 1.66. The molecule has 5 rings (SSSR count). The number of alkyl halides is 1. The Bertz CT molecular complexity index is 416. The van der Waals surface area contributed by atoms with Gasteiger partial charge in [-0.25, -0.2) is 0 Å². The molecule has 1 aromatic heterocycles. The Morgan fingerprint density at radius 2 is 1.78 bits per heavy atom. The van der Waals surface area contributed by atoms with Gasteiger partial charge in [0, 0.05) is 11.5 Å². The van der Waals surface area contributed by atoms with E-state index in [2.05, 4.69) is 38.1 Å². The van der Waals surface area contributed by atoms with Crippen LogP contribution >= 0.6 is 15.9 Å². The summed E-state index contributed by atoms with van der Waals surface area (Å²) >= 11 is 3.50. The summed E-state index contributed by atoms with van der Waals surface area (Å²) in [5.74, 6) is 3.07. The molecule has 0 amide bonds. The molecule has 4 aliphatic carbocycles. The first kappa shape index (κ1) is 11.5. The molecule has 0 atom stereocenters. The number of aryl methyl sites for hydroxylation is 1. The van der Waals surface area contributed by atoms with Crippen LogP contribution in [0.5, 0.6) is 0 Å². The largest absolute Gasteiger partial charge is 0.272 e. The molecule has 4 aliphatic rings. The second kappa shape index (κ2) is 4.09. The van der Waals surface area contributed by atoms with Crippen molar-refractivity contribution in [1.82, 2.24) is 9.78 Å². The van der Waals surface area contributed by atoms with Crippen molar-refractivity contribution in [1.29, 1.82) is 0 Å². The van der Waals surface area contributed by atoms with Crippen molar-refractivity contribution in [2.24, 2.45) is 17.8 Å². The van der Waals surface area contributed by atoms with Gasteiger partial charge in [0.1, 0.15) is 0 Å². The van der Waals surface area contributed by atoms with E-state index in [1.54, 1.807) is 5.56 Å². The Hall–Kier alpha value is -0.310. The highest BCUT2D eigenvalue weighted by atomic mass is 79.9. The molecule has 4 fully saturated rings. The van der Waals surface area contributed by atoms with Crippen molar-refractivity contribution in [2.45, 2.75) is 50.5 Å². The Labute approximate surface area is 117 Å². The van der Waals surface area contributed by atoms with Crippen LogP contribution in [0.15, 0.2) is 12.4 Å². The summed E-state index contributed by atoms with van der Waals surface area (Å²) in [4.78, 5) is 0. The summed E-state index contributed by atoms with van der Waals surface area (Å²) in [5, 5.41) is 5.54. The van der Waals surface area contributed by atoms with Crippen molar-refractivity contribution in [3.8, 4) is 0 Å². The van der Waals surface area contributed by atoms with Gasteiger partial charge in [-0.3, -0.25) is 4.68 Å². The lowest BCUT2D eigenvalue weighted by atomic mass is 9.48. The number of hydrogen-bond acceptors (Lipinski definition) is 1. The Morgan fingerprint density at radius 1 is 1.17 bits per heavy atom. The first-order chi connectivity index (χ1) is 8.77. The average molecular weight is 309 g/mol. The fourth-order valence-corrected chi connectivity index (χ4v) is 5.67. The van der Waals surface area contributed by atoms with E-state index >= 15 is 0 Å². The molecule has 0 aromatic carbocycles. The van der Waals surface area contributed by atoms with Crippen LogP contribution in [-0.4, -0.2) is 15.1 Å². The van der Waals surface area contributed by atoms with E-state index < -0.39 is 0 Å². The maximum atomic E-state index is 4.55. The first-order valence-electron chi connectivity index (χ1n) is 7.36. The molecule has 1 aromatic rings. The molecule has 98 valence electrons. The van der Waals surface area contributed by atoms with Crippen LogP contribution in [0.4, 0.5) is 0 Å². The van der Waals surface area contributed by atoms with Crippen molar-refractivity contribution < 1.29 is 0 Å². The van der Waals surface area contributed by atoms with Crippen LogP contribution < -0.4 is 0 Å². The van der Waals surface area contributed by atoms with Crippen LogP contribution in [0.25, 0.3) is 0 Å². The zero-order valence-corrected chi connectivity index (χ0v) is 12.4. The van der Waals surface area contributed by atoms with Gasteiger partial charge in [0.25, 0.3) is 0 Å². The van der Waals surface area contributed by atoms with Crippen LogP contribution in [0.3, 0.4) is 0 Å². The summed E-state index contributed by atoms with van der Waals surface area (Å²) in [6, 6.07) is 0. The Kier molecular flexibility index (Phi) is 2.62. The zero-order chi connectivity index (χ0) is 12.2. The summed E-state index contributed by atoms with van der Waals surface area (Å²) < 4.78 is 2.11. The lowest BCUT2D eigenvalue weighted by Gasteiger charge is -2.56. The maximum absolute atomic E-state index is 4.55. The van der Waals surface area contributed by atoms with Crippen molar-refractivity contribution in [3.63, 3.8) is 0 Å². The minimum absolute atomic E-state index is 0.513. The predicted molar refractivity (Wildman–Crippen MR) is 75.9 cm³/mol. The van der Waals surface area contributed by atoms with Gasteiger partial charge in [0.05, 0.1) is 12.7 Å². The summed E-state index contributed by atoms with van der Waals surface area (Å²) in [5.41, 5.74) is 2.06. The van der Waals surface area contributed by atoms with Crippen molar-refractivity contribution in [2.75, 3.05) is 5.33 Å². The maximum Gasteiger partial charge on any atom is 0.0527 e. The second-order valence-corrected chi connectivity index (χ2v) is 7.67. The molecule has 4 bridgehead atoms. The smallest absolute Gasteiger partial charge is 0.0527 e. The van der Waals surface area contributed by atoms with E-state index in [0.29, 0.717) is 5.41 Å². The van der Waals surface area contributed by atoms with E-state index in [4.69, 9.17) is 0 Å². The van der Waals surface area contributed by atoms with Crippen molar-refractivity contribution in [3.05, 3.63) is 18.0 Å². The fourth-order valence-electron chi connectivity index (χ4n) is 5.31. The molecule has 0 N–H and O–H groups in total. The topological polar surface area (TPSA) is 17.8 Å². The minimum Gasteiger partial charge on any atom is -0.272 e. The van der Waals surface area contributed by atoms with E-state index in [1.807, 2.05) is 0 Å². The third kappa shape index (κ3) is 1.70. The standard InChI is InChI=1S/C15H21BrN2/c16-1-2-18-10-14(9-17-18)15-6-11-3-12(7-15)5-13(4-11)8-15/h9-13H,1-8H2. The van der Waals surface area contributed by atoms with E-state index in [1.165, 1.54) is 38.5 Å². The molecule has 0 spiro atoms. The lowest BCUT2D eigenvalue weighted by Crippen LogP contribution is -2.48. The zero-order valence-electron chi connectivity index (χ0n) is 10.8. The van der Waals surface area contributed by atoms with Gasteiger partial charge in [0.15, 0.2) is 0 Å². The van der Waals surface area contributed by atoms with Crippen LogP contribution in [0.2, 0.25) is 0 Å². The second-order valence-electron chi connectivity index (χ2n) is 6.88. The van der Waals surface area contributed by atoms with E-state index in [-0.39, 0.29) is 0 Å². The summed E-state index contributed by atoms with van der Waals surface area (Å²) in [7, 11) is 0. The molecule has 2 nitrogen and oxygen atoms in total. The van der Waals surface area contributed by atoms with Crippen LogP contribution in [0.1, 0.15) is 44.1 Å². The molecular formula is C15H21BrN2. The van der Waals surface area contributed by atoms with Crippen LogP contribution in [-0.2, 0) is 12.0 Å². The van der Waals surface area contributed by atoms with Gasteiger partial charge in [-0.2, -0.15) is 5.10 Å². The summed E-state index contributed by atoms with van der Waals surface area (Å²) in [6.45, 7) is 0.992. The lowest BCUT2D eigenvalue weighted by molar-refractivity contribution is -0.00522. The predicted octanol–water partition coefficient (Wildman–Crippen LogP) is 3.75. The normalized spacial score (nSPS) is 41.5. The van der Waals surface area contributed by atoms with Gasteiger partial charge in [-0.05, 0) is 67.3 Å². The highest BCUT2D eigenvalue weighted by Gasteiger charge is 2.51. The Morgan fingerprint density at radius 3 is 2.33 bits per heavy atom. The molecule has 0 saturated heterocycles. The summed E-state index contributed by atoms with van der Waals surface area (Å²) in [6.07, 6.45) is 13.4. The molecule has 0 aliphatic heterocycles. The molecule has 4 saturated carbocycles. The molecule has 3 heteroatoms. The molecule has 0 unspecified atom stereocenters. The highest BCUT2D eigenvalue weighted by Crippen LogP contribution is 2.60. The molecule has 18 heavy (non-hydrogen) atoms. The van der Waals surface area contributed by atoms with E-state index in [0.717, 1.165) is 29.6 Å². The van der Waals surface area contributed by atoms with E-state index in [9.17, 15) is 0 Å². The highest BCUT2D eigenvalue weighted by molar-refractivity contribution is 9.09. The minimum atomic E-state index is 0.513. The van der Waals surface area contributed by atoms with Gasteiger partial charge in [-0.1, -0.05) is 15.9 Å².